The minimum atomic E-state index is -0.0637. The highest BCUT2D eigenvalue weighted by Crippen LogP contribution is 2.42. The van der Waals surface area contributed by atoms with Crippen molar-refractivity contribution in [1.29, 1.82) is 0 Å². The fraction of sp³-hybridized carbons (Fsp3) is 0.647. The molecule has 122 valence electrons. The highest BCUT2D eigenvalue weighted by Gasteiger charge is 2.49. The van der Waals surface area contributed by atoms with Gasteiger partial charge < -0.3 is 15.0 Å². The second-order valence-corrected chi connectivity index (χ2v) is 6.54. The third kappa shape index (κ3) is 3.24. The molecule has 2 amide bonds. The molecule has 0 aliphatic heterocycles. The normalized spacial score (nSPS) is 24.2. The lowest BCUT2D eigenvalue weighted by Crippen LogP contribution is -2.63. The van der Waals surface area contributed by atoms with Gasteiger partial charge in [-0.25, -0.2) is 4.79 Å². The molecule has 0 aromatic carbocycles. The Labute approximate surface area is 133 Å². The van der Waals surface area contributed by atoms with Gasteiger partial charge in [-0.2, -0.15) is 0 Å². The summed E-state index contributed by atoms with van der Waals surface area (Å²) in [5.74, 6) is 0. The highest BCUT2D eigenvalue weighted by atomic mass is 16.5. The number of carbonyl (C=O) groups is 1. The van der Waals surface area contributed by atoms with Crippen molar-refractivity contribution in [2.24, 2.45) is 5.41 Å². The number of urea groups is 1. The number of nitrogens with one attached hydrogen (secondary N) is 1. The summed E-state index contributed by atoms with van der Waals surface area (Å²) in [5.41, 5.74) is 0.862. The van der Waals surface area contributed by atoms with Crippen molar-refractivity contribution < 1.29 is 9.53 Å². The van der Waals surface area contributed by atoms with Gasteiger partial charge in [-0.15, -0.1) is 0 Å². The lowest BCUT2D eigenvalue weighted by Gasteiger charge is -2.51. The average Bonchev–Trinajstić information content (AvgIpc) is 2.53. The van der Waals surface area contributed by atoms with Gasteiger partial charge in [0.15, 0.2) is 0 Å². The Balaban J connectivity index is 1.93. The minimum absolute atomic E-state index is 0.0270. The van der Waals surface area contributed by atoms with Crippen LogP contribution in [0.2, 0.25) is 0 Å². The van der Waals surface area contributed by atoms with Crippen molar-refractivity contribution >= 4 is 6.03 Å². The molecule has 5 heteroatoms. The van der Waals surface area contributed by atoms with Crippen molar-refractivity contribution in [3.63, 3.8) is 0 Å². The maximum atomic E-state index is 12.5. The lowest BCUT2D eigenvalue weighted by atomic mass is 9.64. The molecule has 2 rings (SSSR count). The zero-order chi connectivity index (χ0) is 16.3. The molecule has 0 saturated heterocycles. The summed E-state index contributed by atoms with van der Waals surface area (Å²) in [7, 11) is 1.81. The van der Waals surface area contributed by atoms with Crippen LogP contribution >= 0.6 is 0 Å². The molecule has 5 nitrogen and oxygen atoms in total. The predicted molar refractivity (Wildman–Crippen MR) is 86.5 cm³/mol. The summed E-state index contributed by atoms with van der Waals surface area (Å²) in [6.07, 6.45) is 2.85. The lowest BCUT2D eigenvalue weighted by molar-refractivity contribution is -0.111. The van der Waals surface area contributed by atoms with E-state index >= 15 is 0 Å². The molecule has 1 aliphatic carbocycles. The maximum Gasteiger partial charge on any atom is 0.317 e. The van der Waals surface area contributed by atoms with Crippen LogP contribution in [0.4, 0.5) is 4.79 Å². The Kier molecular flexibility index (Phi) is 5.06. The highest BCUT2D eigenvalue weighted by molar-refractivity contribution is 5.75. The van der Waals surface area contributed by atoms with Gasteiger partial charge in [0.1, 0.15) is 0 Å². The second-order valence-electron chi connectivity index (χ2n) is 6.54. The molecule has 1 aromatic heterocycles. The Morgan fingerprint density at radius 1 is 1.55 bits per heavy atom. The molecular weight excluding hydrogens is 278 g/mol. The first kappa shape index (κ1) is 16.7. The maximum absolute atomic E-state index is 12.5. The van der Waals surface area contributed by atoms with Crippen molar-refractivity contribution in [3.8, 4) is 0 Å². The number of carbonyl (C=O) groups excluding carboxylic acids is 1. The molecule has 1 saturated carbocycles. The molecule has 3 atom stereocenters. The zero-order valence-electron chi connectivity index (χ0n) is 14.2. The summed E-state index contributed by atoms with van der Waals surface area (Å²) in [6, 6.07) is 5.77. The molecule has 0 unspecified atom stereocenters. The summed E-state index contributed by atoms with van der Waals surface area (Å²) in [4.78, 5) is 18.5. The van der Waals surface area contributed by atoms with E-state index in [-0.39, 0.29) is 29.6 Å². The first-order valence-electron chi connectivity index (χ1n) is 7.93. The third-order valence-corrected chi connectivity index (χ3v) is 4.86. The fourth-order valence-electron chi connectivity index (χ4n) is 2.86. The van der Waals surface area contributed by atoms with Gasteiger partial charge in [0.2, 0.25) is 0 Å². The van der Waals surface area contributed by atoms with E-state index < -0.39 is 0 Å². The van der Waals surface area contributed by atoms with Gasteiger partial charge >= 0.3 is 6.03 Å². The van der Waals surface area contributed by atoms with Gasteiger partial charge in [-0.3, -0.25) is 4.98 Å². The standard InChI is InChI=1S/C17H27N3O2/c1-6-22-15-11-14(17(15,3)4)19-16(21)20(5)12(2)13-9-7-8-10-18-13/h7-10,12,14-15H,6,11H2,1-5H3,(H,19,21)/t12-,14-,15-/m1/s1. The van der Waals surface area contributed by atoms with E-state index in [1.807, 2.05) is 32.0 Å². The van der Waals surface area contributed by atoms with Gasteiger partial charge in [0.05, 0.1) is 17.8 Å². The number of aromatic nitrogens is 1. The molecule has 22 heavy (non-hydrogen) atoms. The molecule has 0 bridgehead atoms. The van der Waals surface area contributed by atoms with Gasteiger partial charge in [0, 0.05) is 31.3 Å². The number of hydrogen-bond donors (Lipinski definition) is 1. The van der Waals surface area contributed by atoms with Crippen LogP contribution in [0.15, 0.2) is 24.4 Å². The van der Waals surface area contributed by atoms with Crippen LogP contribution in [0, 0.1) is 5.41 Å². The van der Waals surface area contributed by atoms with Crippen LogP contribution in [-0.2, 0) is 4.74 Å². The number of rotatable bonds is 5. The third-order valence-electron chi connectivity index (χ3n) is 4.86. The largest absolute Gasteiger partial charge is 0.378 e. The topological polar surface area (TPSA) is 54.5 Å². The molecule has 0 spiro atoms. The molecule has 0 radical (unpaired) electrons. The Hall–Kier alpha value is -1.62. The Bertz CT molecular complexity index is 504. The fourth-order valence-corrected chi connectivity index (χ4v) is 2.86. The molecule has 1 aromatic rings. The van der Waals surface area contributed by atoms with Crippen LogP contribution in [0.1, 0.15) is 45.9 Å². The summed E-state index contributed by atoms with van der Waals surface area (Å²) in [6.45, 7) is 8.99. The number of pyridine rings is 1. The van der Waals surface area contributed by atoms with Crippen molar-refractivity contribution in [1.82, 2.24) is 15.2 Å². The van der Waals surface area contributed by atoms with E-state index in [1.54, 1.807) is 18.1 Å². The monoisotopic (exact) mass is 305 g/mol. The molecule has 1 N–H and O–H groups in total. The van der Waals surface area contributed by atoms with E-state index in [0.717, 1.165) is 12.1 Å². The van der Waals surface area contributed by atoms with Crippen LogP contribution in [0.3, 0.4) is 0 Å². The van der Waals surface area contributed by atoms with Crippen LogP contribution in [0.5, 0.6) is 0 Å². The summed E-state index contributed by atoms with van der Waals surface area (Å²) >= 11 is 0. The Morgan fingerprint density at radius 2 is 2.27 bits per heavy atom. The van der Waals surface area contributed by atoms with Crippen molar-refractivity contribution in [2.75, 3.05) is 13.7 Å². The van der Waals surface area contributed by atoms with Gasteiger partial charge in [0.25, 0.3) is 0 Å². The van der Waals surface area contributed by atoms with E-state index in [1.165, 1.54) is 0 Å². The molecule has 1 heterocycles. The summed E-state index contributed by atoms with van der Waals surface area (Å²) in [5, 5.41) is 3.12. The van der Waals surface area contributed by atoms with Crippen LogP contribution < -0.4 is 5.32 Å². The molecule has 1 aliphatic rings. The summed E-state index contributed by atoms with van der Waals surface area (Å²) < 4.78 is 5.71. The number of ether oxygens (including phenoxy) is 1. The molecule has 1 fully saturated rings. The van der Waals surface area contributed by atoms with E-state index in [4.69, 9.17) is 4.74 Å². The number of amides is 2. The van der Waals surface area contributed by atoms with Crippen LogP contribution in [0.25, 0.3) is 0 Å². The predicted octanol–water partition coefficient (Wildman–Crippen LogP) is 2.99. The quantitative estimate of drug-likeness (QED) is 0.910. The Morgan fingerprint density at radius 3 is 2.82 bits per heavy atom. The van der Waals surface area contributed by atoms with Crippen molar-refractivity contribution in [3.05, 3.63) is 30.1 Å². The van der Waals surface area contributed by atoms with Gasteiger partial charge in [-0.1, -0.05) is 19.9 Å². The second kappa shape index (κ2) is 6.65. The van der Waals surface area contributed by atoms with Crippen molar-refractivity contribution in [2.45, 2.75) is 52.3 Å². The average molecular weight is 305 g/mol. The zero-order valence-corrected chi connectivity index (χ0v) is 14.2. The van der Waals surface area contributed by atoms with E-state index in [9.17, 15) is 4.79 Å². The number of hydrogen-bond acceptors (Lipinski definition) is 3. The SMILES string of the molecule is CCO[C@@H]1C[C@@H](NC(=O)N(C)[C@H](C)c2ccccn2)C1(C)C. The smallest absolute Gasteiger partial charge is 0.317 e. The van der Waals surface area contributed by atoms with E-state index in [2.05, 4.69) is 24.1 Å². The van der Waals surface area contributed by atoms with Gasteiger partial charge in [-0.05, 0) is 32.4 Å². The minimum Gasteiger partial charge on any atom is -0.378 e. The van der Waals surface area contributed by atoms with Crippen LogP contribution in [-0.4, -0.2) is 41.7 Å². The first-order chi connectivity index (χ1) is 10.4. The number of nitrogens with zero attached hydrogens (tertiary/aromatic N) is 2. The first-order valence-corrected chi connectivity index (χ1v) is 7.93. The van der Waals surface area contributed by atoms with E-state index in [0.29, 0.717) is 6.61 Å². The molecular formula is C17H27N3O2.